The van der Waals surface area contributed by atoms with Gasteiger partial charge < -0.3 is 9.30 Å². The van der Waals surface area contributed by atoms with E-state index in [9.17, 15) is 0 Å². The second-order valence-electron chi connectivity index (χ2n) is 17.6. The van der Waals surface area contributed by atoms with Crippen LogP contribution in [0.25, 0.3) is 33.3 Å². The molecule has 284 valence electrons. The topological polar surface area (TPSA) is 44.9 Å². The van der Waals surface area contributed by atoms with Crippen LogP contribution in [0.15, 0.2) is 78.5 Å². The van der Waals surface area contributed by atoms with Crippen molar-refractivity contribution in [3.63, 3.8) is 0 Å². The van der Waals surface area contributed by atoms with Crippen LogP contribution in [-0.2, 0) is 27.5 Å². The van der Waals surface area contributed by atoms with E-state index < -0.39 is 0 Å². The molecule has 1 aliphatic carbocycles. The van der Waals surface area contributed by atoms with Crippen molar-refractivity contribution in [2.45, 2.75) is 114 Å². The monoisotopic (exact) mass is 899 g/mol. The zero-order valence-corrected chi connectivity index (χ0v) is 36.3. The molecule has 2 atom stereocenters. The van der Waals surface area contributed by atoms with E-state index in [2.05, 4.69) is 158 Å². The normalized spacial score (nSPS) is 16.6. The van der Waals surface area contributed by atoms with Gasteiger partial charge in [-0.1, -0.05) is 104 Å². The minimum atomic E-state index is 0. The average Bonchev–Trinajstić information content (AvgIpc) is 3.59. The Labute approximate surface area is 337 Å². The van der Waals surface area contributed by atoms with Crippen LogP contribution in [0, 0.1) is 42.7 Å². The summed E-state index contributed by atoms with van der Waals surface area (Å²) >= 11 is 0. The Kier molecular flexibility index (Phi) is 11.3. The van der Waals surface area contributed by atoms with Crippen LogP contribution in [0.4, 0.5) is 0 Å². The first kappa shape index (κ1) is 39.7. The van der Waals surface area contributed by atoms with Gasteiger partial charge >= 0.3 is 21.1 Å². The van der Waals surface area contributed by atoms with Gasteiger partial charge in [0.25, 0.3) is 0 Å². The van der Waals surface area contributed by atoms with E-state index in [0.717, 1.165) is 52.9 Å². The minimum absolute atomic E-state index is 0. The number of allylic oxidation sites excluding steroid dienone is 2. The summed E-state index contributed by atoms with van der Waals surface area (Å²) in [5, 5.41) is 7.54. The molecule has 6 aromatic rings. The van der Waals surface area contributed by atoms with Crippen molar-refractivity contribution in [2.75, 3.05) is 0 Å². The first-order valence-corrected chi connectivity index (χ1v) is 19.6. The van der Waals surface area contributed by atoms with Crippen molar-refractivity contribution in [1.29, 1.82) is 0 Å². The number of hydrogen-bond acceptors (Lipinski definition) is 3. The van der Waals surface area contributed by atoms with Crippen LogP contribution in [0.3, 0.4) is 0 Å². The van der Waals surface area contributed by atoms with Gasteiger partial charge in [-0.15, -0.1) is 41.3 Å². The fourth-order valence-corrected chi connectivity index (χ4v) is 8.70. The summed E-state index contributed by atoms with van der Waals surface area (Å²) in [4.78, 5) is 4.82. The van der Waals surface area contributed by atoms with Crippen molar-refractivity contribution in [1.82, 2.24) is 19.3 Å². The van der Waals surface area contributed by atoms with Crippen LogP contribution >= 0.6 is 0 Å². The van der Waals surface area contributed by atoms with E-state index in [1.165, 1.54) is 39.8 Å². The number of ether oxygens (including phenoxy) is 1. The van der Waals surface area contributed by atoms with E-state index in [0.29, 0.717) is 23.3 Å². The van der Waals surface area contributed by atoms with Gasteiger partial charge in [0.2, 0.25) is 0 Å². The fourth-order valence-electron chi connectivity index (χ4n) is 8.70. The van der Waals surface area contributed by atoms with Crippen molar-refractivity contribution in [2.24, 2.45) is 16.7 Å². The molecular weight excluding hydrogens is 844 g/mol. The van der Waals surface area contributed by atoms with E-state index in [4.69, 9.17) is 14.8 Å². The van der Waals surface area contributed by atoms with Crippen molar-refractivity contribution < 1.29 is 25.8 Å². The molecule has 0 radical (unpaired) electrons. The third kappa shape index (κ3) is 7.50. The van der Waals surface area contributed by atoms with Crippen LogP contribution in [-0.4, -0.2) is 19.3 Å². The quantitative estimate of drug-likeness (QED) is 0.113. The van der Waals surface area contributed by atoms with Gasteiger partial charge in [-0.05, 0) is 90.6 Å². The van der Waals surface area contributed by atoms with E-state index >= 15 is 0 Å². The number of aryl methyl sites for hydroxylation is 2. The van der Waals surface area contributed by atoms with Gasteiger partial charge in [-0.2, -0.15) is 11.2 Å². The van der Waals surface area contributed by atoms with Crippen LogP contribution < -0.4 is 4.74 Å². The number of nitrogens with zero attached hydrogens (tertiary/aromatic N) is 4. The summed E-state index contributed by atoms with van der Waals surface area (Å²) < 4.78 is 11.0. The molecule has 0 fully saturated rings. The summed E-state index contributed by atoms with van der Waals surface area (Å²) in [6, 6.07) is 28.6. The molecule has 1 aliphatic rings. The molecule has 0 amide bonds. The van der Waals surface area contributed by atoms with Crippen LogP contribution in [0.5, 0.6) is 11.5 Å². The molecule has 0 saturated carbocycles. The number of aromatic nitrogens is 4. The third-order valence-corrected chi connectivity index (χ3v) is 11.3. The van der Waals surface area contributed by atoms with Gasteiger partial charge in [-0.3, -0.25) is 4.68 Å². The molecule has 3 aromatic heterocycles. The van der Waals surface area contributed by atoms with Gasteiger partial charge in [0, 0.05) is 40.4 Å². The van der Waals surface area contributed by atoms with Gasteiger partial charge in [0.15, 0.2) is 0 Å². The Morgan fingerprint density at radius 2 is 1.67 bits per heavy atom. The largest absolute Gasteiger partial charge is 2.00 e. The summed E-state index contributed by atoms with van der Waals surface area (Å²) in [7, 11) is 0. The number of rotatable bonds is 8. The molecule has 6 heteroatoms. The van der Waals surface area contributed by atoms with E-state index in [-0.39, 0.29) is 37.8 Å². The summed E-state index contributed by atoms with van der Waals surface area (Å²) in [5.41, 5.74) is 10.8. The summed E-state index contributed by atoms with van der Waals surface area (Å²) in [6.45, 7) is 25.4. The molecule has 7 rings (SSSR count). The van der Waals surface area contributed by atoms with Crippen molar-refractivity contribution in [3.8, 4) is 23.0 Å². The molecular formula is C48H56N4OPt. The number of hydrogen-bond donors (Lipinski definition) is 0. The summed E-state index contributed by atoms with van der Waals surface area (Å²) in [5.74, 6) is 3.30. The maximum atomic E-state index is 6.71. The fraction of sp³-hybridized carbons (Fsp3) is 0.417. The summed E-state index contributed by atoms with van der Waals surface area (Å²) in [6.07, 6.45) is 8.85. The second-order valence-corrected chi connectivity index (χ2v) is 17.6. The molecule has 1 unspecified atom stereocenters. The van der Waals surface area contributed by atoms with Gasteiger partial charge in [0.05, 0.1) is 5.69 Å². The predicted molar refractivity (Wildman–Crippen MR) is 220 cm³/mol. The number of para-hydroxylation sites is 1. The minimum Gasteiger partial charge on any atom is -0.509 e. The molecule has 0 aliphatic heterocycles. The van der Waals surface area contributed by atoms with Crippen LogP contribution in [0.2, 0.25) is 0 Å². The number of fused-ring (bicyclic) bond motifs is 3. The van der Waals surface area contributed by atoms with Crippen molar-refractivity contribution >= 4 is 21.8 Å². The molecule has 0 bridgehead atoms. The molecule has 54 heavy (non-hydrogen) atoms. The van der Waals surface area contributed by atoms with Crippen LogP contribution in [0.1, 0.15) is 121 Å². The van der Waals surface area contributed by atoms with Gasteiger partial charge in [-0.25, -0.2) is 4.98 Å². The predicted octanol–water partition coefficient (Wildman–Crippen LogP) is 13.0. The Hall–Kier alpha value is -3.95. The SMILES string of the molecule is CCCc1ccnc(-n2c3[c-]c(Oc4[c-]c(-n5nc(C)c(C6C(C(C)(C)C)=CCC[C@@H]6C(C)(C)C)c5C)cc(C(C)C)c4)ccc3c3ccccc32)c1.[Pt+2]. The van der Waals surface area contributed by atoms with Crippen molar-refractivity contribution in [3.05, 3.63) is 119 Å². The van der Waals surface area contributed by atoms with E-state index in [1.54, 1.807) is 0 Å². The Balaban J connectivity index is 0.00000497. The smallest absolute Gasteiger partial charge is 0.509 e. The molecule has 0 saturated heterocycles. The zero-order chi connectivity index (χ0) is 37.8. The maximum absolute atomic E-state index is 6.71. The molecule has 5 nitrogen and oxygen atoms in total. The second kappa shape index (κ2) is 15.3. The molecule has 0 N–H and O–H groups in total. The Morgan fingerprint density at radius 3 is 2.37 bits per heavy atom. The number of benzene rings is 3. The maximum Gasteiger partial charge on any atom is 2.00 e. The third-order valence-electron chi connectivity index (χ3n) is 11.3. The number of pyridine rings is 1. The zero-order valence-electron chi connectivity index (χ0n) is 34.0. The Morgan fingerprint density at radius 1 is 0.907 bits per heavy atom. The van der Waals surface area contributed by atoms with Gasteiger partial charge in [0.1, 0.15) is 5.82 Å². The first-order chi connectivity index (χ1) is 25.2. The Bertz CT molecular complexity index is 2330. The standard InChI is InChI=1S/C48H56N4O.Pt/c1-12-16-33-23-24-49-44(25-33)51-42-20-14-13-17-38(42)39-22-21-36(29-43(39)51)53-37-27-34(30(2)3)26-35(28-37)52-32(5)45(31(4)50-52)46-40(47(6,7)8)18-15-19-41(46)48(9,10)11;/h13-14,17-18,20-27,30,41,46H,12,15-16,19H2,1-11H3;/q-2;+2/t41-,46?;/m0./s1. The van der Waals surface area contributed by atoms with E-state index in [1.807, 2.05) is 12.3 Å². The molecule has 3 aromatic carbocycles. The average molecular weight is 900 g/mol. The first-order valence-electron chi connectivity index (χ1n) is 19.6. The molecule has 0 spiro atoms. The molecule has 3 heterocycles.